The highest BCUT2D eigenvalue weighted by Gasteiger charge is 2.47. The van der Waals surface area contributed by atoms with Crippen LogP contribution in [0.25, 0.3) is 17.1 Å². The first-order chi connectivity index (χ1) is 15.3. The molecule has 0 fully saturated rings. The Hall–Kier alpha value is -2.85. The molecule has 0 unspecified atom stereocenters. The van der Waals surface area contributed by atoms with Crippen molar-refractivity contribution in [2.75, 3.05) is 12.8 Å². The molecule has 11 heteroatoms. The van der Waals surface area contributed by atoms with E-state index in [4.69, 9.17) is 21.9 Å². The first-order valence-electron chi connectivity index (χ1n) is 10.00. The van der Waals surface area contributed by atoms with Crippen molar-refractivity contribution in [3.63, 3.8) is 0 Å². The van der Waals surface area contributed by atoms with Gasteiger partial charge in [-0.3, -0.25) is 4.99 Å². The number of amidine groups is 1. The number of aliphatic imine (C=N–C) groups is 1. The van der Waals surface area contributed by atoms with Crippen LogP contribution in [0.2, 0.25) is 5.02 Å². The zero-order chi connectivity index (χ0) is 24.6. The molecule has 1 aliphatic rings. The van der Waals surface area contributed by atoms with Crippen molar-refractivity contribution in [3.8, 4) is 11.5 Å². The summed E-state index contributed by atoms with van der Waals surface area (Å²) in [4.78, 5) is 12.6. The molecule has 33 heavy (non-hydrogen) atoms. The van der Waals surface area contributed by atoms with Gasteiger partial charge in [0, 0.05) is 31.1 Å². The molecule has 2 aromatic rings. The van der Waals surface area contributed by atoms with Crippen LogP contribution in [-0.4, -0.2) is 48.3 Å². The lowest BCUT2D eigenvalue weighted by Crippen LogP contribution is -2.56. The molecule has 1 aliphatic heterocycles. The maximum atomic E-state index is 15.1. The molecule has 3 heterocycles. The summed E-state index contributed by atoms with van der Waals surface area (Å²) >= 11 is 5.80. The molecule has 0 radical (unpaired) electrons. The highest BCUT2D eigenvalue weighted by molar-refractivity contribution is 7.95. The van der Waals surface area contributed by atoms with E-state index in [-0.39, 0.29) is 17.2 Å². The summed E-state index contributed by atoms with van der Waals surface area (Å²) in [5, 5.41) is 4.35. The van der Waals surface area contributed by atoms with E-state index in [1.54, 1.807) is 33.8 Å². The Bertz CT molecular complexity index is 1300. The summed E-state index contributed by atoms with van der Waals surface area (Å²) < 4.78 is 37.0. The van der Waals surface area contributed by atoms with Crippen LogP contribution in [0.15, 0.2) is 62.5 Å². The molecular formula is C22H26ClFN6O2S. The lowest BCUT2D eigenvalue weighted by Gasteiger charge is -2.40. The number of nitrogens with two attached hydrogens (primary N) is 1. The molecule has 3 rings (SSSR count). The van der Waals surface area contributed by atoms with Crippen LogP contribution in [0.1, 0.15) is 33.5 Å². The van der Waals surface area contributed by atoms with E-state index >= 15 is 4.39 Å². The minimum atomic E-state index is -2.79. The zero-order valence-corrected chi connectivity index (χ0v) is 20.7. The summed E-state index contributed by atoms with van der Waals surface area (Å²) in [5.41, 5.74) is 6.01. The fourth-order valence-corrected chi connectivity index (χ4v) is 5.67. The van der Waals surface area contributed by atoms with E-state index in [2.05, 4.69) is 31.1 Å². The molecular weight excluding hydrogens is 467 g/mol. The third-order valence-electron chi connectivity index (χ3n) is 5.72. The molecule has 8 nitrogen and oxygen atoms in total. The van der Waals surface area contributed by atoms with Gasteiger partial charge >= 0.3 is 0 Å². The normalized spacial score (nSPS) is 25.5. The van der Waals surface area contributed by atoms with Gasteiger partial charge in [-0.15, -0.1) is 0 Å². The third-order valence-corrected chi connectivity index (χ3v) is 9.26. The molecule has 0 aromatic carbocycles. The van der Waals surface area contributed by atoms with Crippen LogP contribution in [0.4, 0.5) is 4.39 Å². The average molecular weight is 493 g/mol. The first-order valence-corrected chi connectivity index (χ1v) is 12.1. The van der Waals surface area contributed by atoms with Crippen LogP contribution in [0.5, 0.6) is 0 Å². The van der Waals surface area contributed by atoms with E-state index < -0.39 is 25.8 Å². The quantitative estimate of drug-likeness (QED) is 0.609. The van der Waals surface area contributed by atoms with E-state index in [0.717, 1.165) is 0 Å². The Morgan fingerprint density at radius 3 is 2.58 bits per heavy atom. The fourth-order valence-electron chi connectivity index (χ4n) is 3.25. The summed E-state index contributed by atoms with van der Waals surface area (Å²) in [6, 6.07) is 1.64. The van der Waals surface area contributed by atoms with E-state index in [1.165, 1.54) is 31.6 Å². The summed E-state index contributed by atoms with van der Waals surface area (Å²) in [6.45, 7) is 10.7. The fraction of sp³-hybridized carbons (Fsp3) is 0.364. The Kier molecular flexibility index (Phi) is 6.63. The van der Waals surface area contributed by atoms with Gasteiger partial charge in [-0.05, 0) is 39.3 Å². The molecule has 176 valence electrons. The van der Waals surface area contributed by atoms with Gasteiger partial charge in [0.25, 0.3) is 0 Å². The monoisotopic (exact) mass is 492 g/mol. The van der Waals surface area contributed by atoms with Gasteiger partial charge in [-0.1, -0.05) is 29.4 Å². The topological polar surface area (TPSA) is 120 Å². The summed E-state index contributed by atoms with van der Waals surface area (Å²) in [7, 11) is -1.31. The summed E-state index contributed by atoms with van der Waals surface area (Å²) in [6.07, 6.45) is 5.69. The van der Waals surface area contributed by atoms with Gasteiger partial charge < -0.3 is 10.3 Å². The smallest absolute Gasteiger partial charge is 0.181 e. The number of aromatic nitrogens is 3. The lowest BCUT2D eigenvalue weighted by atomic mass is 9.93. The summed E-state index contributed by atoms with van der Waals surface area (Å²) in [5.74, 6) is 0.321. The average Bonchev–Trinajstić information content (AvgIpc) is 3.26. The predicted octanol–water partition coefficient (Wildman–Crippen LogP) is 4.60. The van der Waals surface area contributed by atoms with Crippen molar-refractivity contribution >= 4 is 32.7 Å². The maximum Gasteiger partial charge on any atom is 0.181 e. The second-order valence-electron chi connectivity index (χ2n) is 8.39. The molecule has 0 saturated carbocycles. The SMILES string of the molecule is C=C(/C(F)=C\C=C(/C)c1cc(-c2ncc(Cl)cn2)no1)[C@]1(C)C[S@](=O)(=NC)C(C)(C)C(N)=N1. The second-order valence-corrected chi connectivity index (χ2v) is 11.8. The number of hydrogen-bond acceptors (Lipinski definition) is 8. The number of allylic oxidation sites excluding steroid dienone is 3. The van der Waals surface area contributed by atoms with E-state index in [0.29, 0.717) is 27.9 Å². The van der Waals surface area contributed by atoms with Crippen molar-refractivity contribution in [1.82, 2.24) is 15.1 Å². The van der Waals surface area contributed by atoms with Crippen molar-refractivity contribution in [3.05, 3.63) is 59.4 Å². The van der Waals surface area contributed by atoms with Gasteiger partial charge in [-0.25, -0.2) is 22.9 Å². The zero-order valence-electron chi connectivity index (χ0n) is 19.1. The Morgan fingerprint density at radius 1 is 1.33 bits per heavy atom. The molecule has 0 saturated heterocycles. The standard InChI is InChI=1S/C22H26ClFN6O2S/c1-13(18-9-17(30-32-18)19-27-10-15(23)11-28-19)7-8-16(24)14(2)22(5)12-33(31,26-6)21(3,4)20(25)29-22/h7-11H,2,12H2,1,3-6H3,(H2,25,29)/b13-7+,16-8+/t22-,33+/m0/s1. The molecule has 2 N–H and O–H groups in total. The highest BCUT2D eigenvalue weighted by atomic mass is 35.5. The number of nitrogens with zero attached hydrogens (tertiary/aromatic N) is 5. The molecule has 2 aromatic heterocycles. The van der Waals surface area contributed by atoms with Crippen molar-refractivity contribution in [2.45, 2.75) is 38.0 Å². The molecule has 0 bridgehead atoms. The largest absolute Gasteiger partial charge is 0.386 e. The van der Waals surface area contributed by atoms with E-state index in [9.17, 15) is 4.21 Å². The lowest BCUT2D eigenvalue weighted by molar-refractivity contribution is 0.412. The minimum absolute atomic E-state index is 0.0134. The molecule has 0 spiro atoms. The van der Waals surface area contributed by atoms with Crippen LogP contribution < -0.4 is 5.73 Å². The molecule has 2 atom stereocenters. The molecule has 0 amide bonds. The minimum Gasteiger partial charge on any atom is -0.386 e. The van der Waals surface area contributed by atoms with Crippen molar-refractivity contribution in [1.29, 1.82) is 0 Å². The van der Waals surface area contributed by atoms with Crippen LogP contribution >= 0.6 is 11.6 Å². The van der Waals surface area contributed by atoms with Crippen LogP contribution in [0.3, 0.4) is 0 Å². The Morgan fingerprint density at radius 2 is 1.97 bits per heavy atom. The predicted molar refractivity (Wildman–Crippen MR) is 130 cm³/mol. The second kappa shape index (κ2) is 8.83. The number of halogens is 2. The third kappa shape index (κ3) is 4.63. The van der Waals surface area contributed by atoms with Crippen molar-refractivity contribution in [2.24, 2.45) is 15.1 Å². The van der Waals surface area contributed by atoms with Crippen LogP contribution in [0, 0.1) is 0 Å². The first kappa shape index (κ1) is 24.8. The van der Waals surface area contributed by atoms with Crippen LogP contribution in [-0.2, 0) is 9.73 Å². The number of rotatable bonds is 5. The Labute approximate surface area is 197 Å². The Balaban J connectivity index is 1.86. The maximum absolute atomic E-state index is 15.1. The van der Waals surface area contributed by atoms with Gasteiger partial charge in [0.15, 0.2) is 17.3 Å². The van der Waals surface area contributed by atoms with Gasteiger partial charge in [0.1, 0.15) is 16.4 Å². The number of hydrogen-bond donors (Lipinski definition) is 1. The van der Waals surface area contributed by atoms with Gasteiger partial charge in [0.2, 0.25) is 0 Å². The molecule has 0 aliphatic carbocycles. The van der Waals surface area contributed by atoms with E-state index in [1.807, 2.05) is 0 Å². The highest BCUT2D eigenvalue weighted by Crippen LogP contribution is 2.38. The van der Waals surface area contributed by atoms with Gasteiger partial charge in [-0.2, -0.15) is 0 Å². The van der Waals surface area contributed by atoms with Gasteiger partial charge in [0.05, 0.1) is 26.0 Å². The van der Waals surface area contributed by atoms with Crippen molar-refractivity contribution < 1.29 is 13.1 Å².